The Hall–Kier alpha value is -2.56. The molecule has 1 unspecified atom stereocenters. The van der Waals surface area contributed by atoms with Crippen LogP contribution in [0.2, 0.25) is 0 Å². The Morgan fingerprint density at radius 2 is 2.00 bits per heavy atom. The largest absolute Gasteiger partial charge is 0.407 e. The average Bonchev–Trinajstić information content (AvgIpc) is 3.47. The molecule has 1 aromatic carbocycles. The molecule has 1 amide bonds. The van der Waals surface area contributed by atoms with Crippen LogP contribution in [0.3, 0.4) is 0 Å². The number of sulfonamides is 1. The van der Waals surface area contributed by atoms with E-state index in [0.717, 1.165) is 12.0 Å². The molecule has 1 aliphatic rings. The summed E-state index contributed by atoms with van der Waals surface area (Å²) >= 11 is 1.18. The van der Waals surface area contributed by atoms with E-state index >= 15 is 0 Å². The summed E-state index contributed by atoms with van der Waals surface area (Å²) in [6.07, 6.45) is 2.67. The van der Waals surface area contributed by atoms with Crippen molar-refractivity contribution in [1.29, 1.82) is 0 Å². The Labute approximate surface area is 185 Å². The number of hydrogen-bond donors (Lipinski definition) is 1. The number of aromatic nitrogens is 2. The molecule has 0 saturated carbocycles. The second kappa shape index (κ2) is 9.29. The Balaban J connectivity index is 1.37. The van der Waals surface area contributed by atoms with E-state index in [9.17, 15) is 13.2 Å². The maximum atomic E-state index is 12.8. The number of rotatable bonds is 7. The molecule has 1 atom stereocenters. The SMILES string of the molecule is CCc1ccc(Cc2nnc(NC(=O)C3CCCN(S(=O)(=O)c4cccs4)C3)o2)cc1. The third-order valence-corrected chi connectivity index (χ3v) is 8.57. The molecule has 8 nitrogen and oxygen atoms in total. The van der Waals surface area contributed by atoms with E-state index in [1.807, 2.05) is 12.1 Å². The van der Waals surface area contributed by atoms with Crippen molar-refractivity contribution in [2.75, 3.05) is 18.4 Å². The van der Waals surface area contributed by atoms with Crippen LogP contribution in [0.1, 0.15) is 36.8 Å². The van der Waals surface area contributed by atoms with E-state index in [4.69, 9.17) is 4.42 Å². The molecule has 0 spiro atoms. The zero-order valence-electron chi connectivity index (χ0n) is 17.2. The number of piperidine rings is 1. The van der Waals surface area contributed by atoms with Crippen molar-refractivity contribution in [2.24, 2.45) is 5.92 Å². The van der Waals surface area contributed by atoms with Gasteiger partial charge in [0.1, 0.15) is 4.21 Å². The van der Waals surface area contributed by atoms with Crippen molar-refractivity contribution in [1.82, 2.24) is 14.5 Å². The van der Waals surface area contributed by atoms with E-state index in [1.165, 1.54) is 21.2 Å². The van der Waals surface area contributed by atoms with E-state index in [2.05, 4.69) is 34.6 Å². The lowest BCUT2D eigenvalue weighted by atomic mass is 9.99. The quantitative estimate of drug-likeness (QED) is 0.580. The first-order valence-corrected chi connectivity index (χ1v) is 12.5. The predicted octanol–water partition coefficient (Wildman–Crippen LogP) is 3.32. The van der Waals surface area contributed by atoms with Gasteiger partial charge in [-0.25, -0.2) is 8.42 Å². The fourth-order valence-electron chi connectivity index (χ4n) is 3.56. The minimum Gasteiger partial charge on any atom is -0.407 e. The van der Waals surface area contributed by atoms with Crippen molar-refractivity contribution in [2.45, 2.75) is 36.8 Å². The molecule has 4 rings (SSSR count). The highest BCUT2D eigenvalue weighted by Gasteiger charge is 2.34. The minimum atomic E-state index is -3.57. The van der Waals surface area contributed by atoms with Crippen LogP contribution in [0.25, 0.3) is 0 Å². The summed E-state index contributed by atoms with van der Waals surface area (Å²) in [5.41, 5.74) is 2.30. The van der Waals surface area contributed by atoms with E-state index in [1.54, 1.807) is 17.5 Å². The van der Waals surface area contributed by atoms with Crippen LogP contribution in [0, 0.1) is 5.92 Å². The average molecular weight is 461 g/mol. The first-order valence-electron chi connectivity index (χ1n) is 10.2. The fourth-order valence-corrected chi connectivity index (χ4v) is 6.23. The smallest absolute Gasteiger partial charge is 0.322 e. The molecule has 0 aliphatic carbocycles. The number of thiophene rings is 1. The molecular weight excluding hydrogens is 436 g/mol. The third kappa shape index (κ3) is 5.03. The Bertz CT molecular complexity index is 1120. The summed E-state index contributed by atoms with van der Waals surface area (Å²) in [7, 11) is -3.57. The van der Waals surface area contributed by atoms with Crippen molar-refractivity contribution in [3.8, 4) is 0 Å². The molecule has 2 aromatic heterocycles. The number of aryl methyl sites for hydroxylation is 1. The van der Waals surface area contributed by atoms with Crippen molar-refractivity contribution in [3.05, 3.63) is 58.8 Å². The van der Waals surface area contributed by atoms with Gasteiger partial charge in [0.15, 0.2) is 0 Å². The molecule has 10 heteroatoms. The Kier molecular flexibility index (Phi) is 6.49. The summed E-state index contributed by atoms with van der Waals surface area (Å²) in [6.45, 7) is 2.65. The van der Waals surface area contributed by atoms with Gasteiger partial charge in [-0.2, -0.15) is 4.31 Å². The highest BCUT2D eigenvalue weighted by molar-refractivity contribution is 7.91. The van der Waals surface area contributed by atoms with E-state index in [-0.39, 0.29) is 18.5 Å². The van der Waals surface area contributed by atoms with Crippen LogP contribution in [0.15, 0.2) is 50.4 Å². The number of anilines is 1. The highest BCUT2D eigenvalue weighted by atomic mass is 32.2. The maximum absolute atomic E-state index is 12.8. The van der Waals surface area contributed by atoms with Crippen molar-refractivity contribution < 1.29 is 17.6 Å². The summed E-state index contributed by atoms with van der Waals surface area (Å²) in [6, 6.07) is 11.5. The predicted molar refractivity (Wildman–Crippen MR) is 117 cm³/mol. The van der Waals surface area contributed by atoms with E-state index in [0.29, 0.717) is 35.9 Å². The van der Waals surface area contributed by atoms with Gasteiger partial charge in [0.25, 0.3) is 10.0 Å². The minimum absolute atomic E-state index is 0.0309. The van der Waals surface area contributed by atoms with Gasteiger partial charge in [-0.1, -0.05) is 42.4 Å². The normalized spacial score (nSPS) is 17.5. The molecule has 0 radical (unpaired) electrons. The number of nitrogens with one attached hydrogen (secondary N) is 1. The molecule has 0 bridgehead atoms. The van der Waals surface area contributed by atoms with Crippen LogP contribution in [0.5, 0.6) is 0 Å². The van der Waals surface area contributed by atoms with Gasteiger partial charge in [-0.05, 0) is 41.8 Å². The fraction of sp³-hybridized carbons (Fsp3) is 0.381. The number of nitrogens with zero attached hydrogens (tertiary/aromatic N) is 3. The summed E-state index contributed by atoms with van der Waals surface area (Å²) in [5.74, 6) is -0.376. The van der Waals surface area contributed by atoms with Gasteiger partial charge < -0.3 is 4.42 Å². The van der Waals surface area contributed by atoms with Crippen molar-refractivity contribution >= 4 is 33.3 Å². The number of benzene rings is 1. The topological polar surface area (TPSA) is 105 Å². The lowest BCUT2D eigenvalue weighted by Crippen LogP contribution is -2.43. The van der Waals surface area contributed by atoms with Gasteiger partial charge >= 0.3 is 6.01 Å². The first-order chi connectivity index (χ1) is 15.0. The van der Waals surface area contributed by atoms with Crippen LogP contribution < -0.4 is 5.32 Å². The molecule has 1 N–H and O–H groups in total. The molecule has 1 aliphatic heterocycles. The summed E-state index contributed by atoms with van der Waals surface area (Å²) in [4.78, 5) is 12.7. The molecule has 3 heterocycles. The third-order valence-electron chi connectivity index (χ3n) is 5.33. The zero-order chi connectivity index (χ0) is 21.8. The van der Waals surface area contributed by atoms with Crippen LogP contribution in [-0.4, -0.2) is 41.9 Å². The van der Waals surface area contributed by atoms with Gasteiger partial charge in [-0.15, -0.1) is 16.4 Å². The summed E-state index contributed by atoms with van der Waals surface area (Å²) in [5, 5.41) is 12.3. The van der Waals surface area contributed by atoms with Crippen molar-refractivity contribution in [3.63, 3.8) is 0 Å². The maximum Gasteiger partial charge on any atom is 0.322 e. The second-order valence-electron chi connectivity index (χ2n) is 7.47. The number of amides is 1. The van der Waals surface area contributed by atoms with Crippen LogP contribution in [-0.2, 0) is 27.7 Å². The Morgan fingerprint density at radius 1 is 1.23 bits per heavy atom. The number of hydrogen-bond acceptors (Lipinski definition) is 7. The van der Waals surface area contributed by atoms with Gasteiger partial charge in [-0.3, -0.25) is 10.1 Å². The van der Waals surface area contributed by atoms with Crippen LogP contribution in [0.4, 0.5) is 6.01 Å². The highest BCUT2D eigenvalue weighted by Crippen LogP contribution is 2.27. The van der Waals surface area contributed by atoms with Gasteiger partial charge in [0.2, 0.25) is 11.8 Å². The molecule has 3 aromatic rings. The molecule has 1 saturated heterocycles. The Morgan fingerprint density at radius 3 is 2.71 bits per heavy atom. The molecule has 1 fully saturated rings. The summed E-state index contributed by atoms with van der Waals surface area (Å²) < 4.78 is 32.8. The monoisotopic (exact) mass is 460 g/mol. The molecule has 164 valence electrons. The number of carbonyl (C=O) groups is 1. The van der Waals surface area contributed by atoms with Crippen LogP contribution >= 0.6 is 11.3 Å². The van der Waals surface area contributed by atoms with Gasteiger partial charge in [0, 0.05) is 13.1 Å². The second-order valence-corrected chi connectivity index (χ2v) is 10.6. The zero-order valence-corrected chi connectivity index (χ0v) is 18.8. The lowest BCUT2D eigenvalue weighted by Gasteiger charge is -2.30. The standard InChI is InChI=1S/C21H24N4O4S2/c1-2-15-7-9-16(10-8-15)13-18-23-24-21(29-18)22-20(26)17-5-3-11-25(14-17)31(27,28)19-6-4-12-30-19/h4,6-10,12,17H,2-3,5,11,13-14H2,1H3,(H,22,24,26). The first kappa shape index (κ1) is 21.7. The lowest BCUT2D eigenvalue weighted by molar-refractivity contribution is -0.121. The molecular formula is C21H24N4O4S2. The van der Waals surface area contributed by atoms with E-state index < -0.39 is 15.9 Å². The molecule has 31 heavy (non-hydrogen) atoms. The van der Waals surface area contributed by atoms with Gasteiger partial charge in [0.05, 0.1) is 12.3 Å². The number of carbonyl (C=O) groups excluding carboxylic acids is 1.